The van der Waals surface area contributed by atoms with E-state index in [9.17, 15) is 14.4 Å². The number of piperazine rings is 2. The van der Waals surface area contributed by atoms with Gasteiger partial charge in [-0.05, 0) is 43.4 Å². The molecule has 0 aromatic heterocycles. The third-order valence-corrected chi connectivity index (χ3v) is 6.10. The highest BCUT2D eigenvalue weighted by molar-refractivity contribution is 5.97. The van der Waals surface area contributed by atoms with E-state index in [1.807, 2.05) is 30.3 Å². The van der Waals surface area contributed by atoms with Crippen molar-refractivity contribution in [3.63, 3.8) is 0 Å². The zero-order valence-electron chi connectivity index (χ0n) is 19.4. The van der Waals surface area contributed by atoms with Crippen LogP contribution in [0.1, 0.15) is 6.42 Å². The predicted molar refractivity (Wildman–Crippen MR) is 129 cm³/mol. The molecule has 0 radical (unpaired) electrons. The van der Waals surface area contributed by atoms with Gasteiger partial charge in [-0.1, -0.05) is 18.2 Å². The van der Waals surface area contributed by atoms with Crippen LogP contribution < -0.4 is 15.4 Å². The van der Waals surface area contributed by atoms with Crippen molar-refractivity contribution in [1.82, 2.24) is 20.0 Å². The number of anilines is 1. The number of para-hydroxylation sites is 1. The van der Waals surface area contributed by atoms with Crippen molar-refractivity contribution >= 4 is 23.4 Å². The lowest BCUT2D eigenvalue weighted by Gasteiger charge is -2.37. The van der Waals surface area contributed by atoms with E-state index < -0.39 is 6.04 Å². The van der Waals surface area contributed by atoms with Gasteiger partial charge in [0.2, 0.25) is 17.7 Å². The summed E-state index contributed by atoms with van der Waals surface area (Å²) >= 11 is 0. The van der Waals surface area contributed by atoms with Gasteiger partial charge in [-0.25, -0.2) is 0 Å². The van der Waals surface area contributed by atoms with Crippen LogP contribution in [0.25, 0.3) is 0 Å². The highest BCUT2D eigenvalue weighted by Gasteiger charge is 2.35. The molecule has 2 aliphatic heterocycles. The first-order valence-corrected chi connectivity index (χ1v) is 11.6. The van der Waals surface area contributed by atoms with Crippen LogP contribution in [0.15, 0.2) is 54.6 Å². The highest BCUT2D eigenvalue weighted by atomic mass is 16.5. The summed E-state index contributed by atoms with van der Waals surface area (Å²) in [6.07, 6.45) is -0.0947. The summed E-state index contributed by atoms with van der Waals surface area (Å²) in [6, 6.07) is 15.6. The molecule has 2 fully saturated rings. The highest BCUT2D eigenvalue weighted by Crippen LogP contribution is 2.23. The smallest absolute Gasteiger partial charge is 0.243 e. The molecular formula is C25H31N5O4. The number of hydrogen-bond acceptors (Lipinski definition) is 6. The van der Waals surface area contributed by atoms with E-state index in [-0.39, 0.29) is 30.7 Å². The van der Waals surface area contributed by atoms with Gasteiger partial charge < -0.3 is 25.2 Å². The predicted octanol–water partition coefficient (Wildman–Crippen LogP) is 1.38. The molecule has 9 nitrogen and oxygen atoms in total. The van der Waals surface area contributed by atoms with E-state index in [1.165, 1.54) is 0 Å². The topological polar surface area (TPSA) is 94.2 Å². The molecule has 2 aromatic carbocycles. The molecule has 2 aromatic rings. The summed E-state index contributed by atoms with van der Waals surface area (Å²) in [7, 11) is 2.06. The molecule has 2 saturated heterocycles. The number of carbonyl (C=O) groups is 3. The van der Waals surface area contributed by atoms with Crippen LogP contribution in [0.3, 0.4) is 0 Å². The molecule has 2 heterocycles. The lowest BCUT2D eigenvalue weighted by atomic mass is 10.1. The molecular weight excluding hydrogens is 434 g/mol. The molecule has 180 valence electrons. The van der Waals surface area contributed by atoms with Crippen LogP contribution in [0, 0.1) is 0 Å². The molecule has 1 atom stereocenters. The molecule has 2 N–H and O–H groups in total. The van der Waals surface area contributed by atoms with Gasteiger partial charge in [0, 0.05) is 45.0 Å². The first-order chi connectivity index (χ1) is 16.5. The van der Waals surface area contributed by atoms with Gasteiger partial charge in [-0.3, -0.25) is 19.3 Å². The average Bonchev–Trinajstić information content (AvgIpc) is 2.84. The zero-order valence-corrected chi connectivity index (χ0v) is 19.4. The number of ether oxygens (including phenoxy) is 1. The maximum Gasteiger partial charge on any atom is 0.243 e. The number of carbonyl (C=O) groups excluding carboxylic acids is 3. The van der Waals surface area contributed by atoms with Crippen LogP contribution in [-0.4, -0.2) is 91.3 Å². The van der Waals surface area contributed by atoms with E-state index in [1.54, 1.807) is 29.2 Å². The summed E-state index contributed by atoms with van der Waals surface area (Å²) in [6.45, 7) is 4.52. The fourth-order valence-corrected chi connectivity index (χ4v) is 4.12. The van der Waals surface area contributed by atoms with Gasteiger partial charge in [-0.15, -0.1) is 0 Å². The molecule has 0 spiro atoms. The number of nitrogens with one attached hydrogen (secondary N) is 2. The Morgan fingerprint density at radius 2 is 1.65 bits per heavy atom. The zero-order chi connectivity index (χ0) is 23.9. The summed E-state index contributed by atoms with van der Waals surface area (Å²) in [5.41, 5.74) is 0.594. The third kappa shape index (κ3) is 6.33. The van der Waals surface area contributed by atoms with Crippen LogP contribution in [-0.2, 0) is 14.4 Å². The van der Waals surface area contributed by atoms with Gasteiger partial charge in [-0.2, -0.15) is 0 Å². The number of benzene rings is 2. The Morgan fingerprint density at radius 3 is 2.35 bits per heavy atom. The van der Waals surface area contributed by atoms with Gasteiger partial charge in [0.05, 0.1) is 13.0 Å². The van der Waals surface area contributed by atoms with E-state index in [4.69, 9.17) is 4.74 Å². The van der Waals surface area contributed by atoms with Crippen LogP contribution in [0.2, 0.25) is 0 Å². The Hall–Kier alpha value is -3.43. The van der Waals surface area contributed by atoms with Crippen LogP contribution in [0.5, 0.6) is 11.5 Å². The first-order valence-electron chi connectivity index (χ1n) is 11.6. The Labute approximate surface area is 199 Å². The lowest BCUT2D eigenvalue weighted by Crippen LogP contribution is -2.60. The normalized spacial score (nSPS) is 19.4. The van der Waals surface area contributed by atoms with E-state index in [0.29, 0.717) is 24.5 Å². The van der Waals surface area contributed by atoms with Gasteiger partial charge in [0.1, 0.15) is 17.5 Å². The molecule has 34 heavy (non-hydrogen) atoms. The van der Waals surface area contributed by atoms with Crippen LogP contribution in [0.4, 0.5) is 5.69 Å². The standard InChI is InChI=1S/C25H31N5O4/c1-28-13-15-29(16-14-28)18-24(32)30-12-11-26-25(33)22(30)17-23(31)27-19-7-9-21(10-8-19)34-20-5-3-2-4-6-20/h2-10,22H,11-18H2,1H3,(H,26,33)(H,27,31)/t22-/m0/s1. The molecule has 3 amide bonds. The minimum Gasteiger partial charge on any atom is -0.457 e. The second-order valence-corrected chi connectivity index (χ2v) is 8.67. The first kappa shape index (κ1) is 23.7. The van der Waals surface area contributed by atoms with Crippen molar-refractivity contribution in [1.29, 1.82) is 0 Å². The van der Waals surface area contributed by atoms with Gasteiger partial charge >= 0.3 is 0 Å². The molecule has 0 aliphatic carbocycles. The minimum absolute atomic E-state index is 0.0947. The summed E-state index contributed by atoms with van der Waals surface area (Å²) < 4.78 is 5.77. The van der Waals surface area contributed by atoms with Crippen LogP contribution >= 0.6 is 0 Å². The molecule has 4 rings (SSSR count). The fraction of sp³-hybridized carbons (Fsp3) is 0.400. The lowest BCUT2D eigenvalue weighted by molar-refractivity contribution is -0.145. The maximum atomic E-state index is 13.0. The van der Waals surface area contributed by atoms with Crippen molar-refractivity contribution in [2.75, 3.05) is 58.2 Å². The van der Waals surface area contributed by atoms with Gasteiger partial charge in [0.25, 0.3) is 0 Å². The quantitative estimate of drug-likeness (QED) is 0.642. The third-order valence-electron chi connectivity index (χ3n) is 6.10. The Kier molecular flexibility index (Phi) is 7.76. The van der Waals surface area contributed by atoms with Crippen molar-refractivity contribution in [3.8, 4) is 11.5 Å². The number of likely N-dealkylation sites (N-methyl/N-ethyl adjacent to an activating group) is 1. The summed E-state index contributed by atoms with van der Waals surface area (Å²) in [4.78, 5) is 44.1. The number of nitrogens with zero attached hydrogens (tertiary/aromatic N) is 3. The number of hydrogen-bond donors (Lipinski definition) is 2. The second kappa shape index (κ2) is 11.1. The van der Waals surface area contributed by atoms with Crippen molar-refractivity contribution in [2.45, 2.75) is 12.5 Å². The fourth-order valence-electron chi connectivity index (χ4n) is 4.12. The number of amides is 3. The Bertz CT molecular complexity index is 990. The van der Waals surface area contributed by atoms with Crippen molar-refractivity contribution < 1.29 is 19.1 Å². The molecule has 2 aliphatic rings. The van der Waals surface area contributed by atoms with E-state index in [2.05, 4.69) is 27.5 Å². The second-order valence-electron chi connectivity index (χ2n) is 8.67. The minimum atomic E-state index is -0.811. The molecule has 0 unspecified atom stereocenters. The van der Waals surface area contributed by atoms with Gasteiger partial charge in [0.15, 0.2) is 0 Å². The summed E-state index contributed by atoms with van der Waals surface area (Å²) in [5, 5.41) is 5.59. The summed E-state index contributed by atoms with van der Waals surface area (Å²) in [5.74, 6) is 0.649. The van der Waals surface area contributed by atoms with Crippen molar-refractivity contribution in [3.05, 3.63) is 54.6 Å². The van der Waals surface area contributed by atoms with E-state index >= 15 is 0 Å². The Morgan fingerprint density at radius 1 is 0.971 bits per heavy atom. The molecule has 9 heteroatoms. The average molecular weight is 466 g/mol. The molecule has 0 bridgehead atoms. The Balaban J connectivity index is 1.32. The SMILES string of the molecule is CN1CCN(CC(=O)N2CCNC(=O)[C@@H]2CC(=O)Nc2ccc(Oc3ccccc3)cc2)CC1. The maximum absolute atomic E-state index is 13.0. The van der Waals surface area contributed by atoms with E-state index in [0.717, 1.165) is 31.9 Å². The van der Waals surface area contributed by atoms with Crippen molar-refractivity contribution in [2.24, 2.45) is 0 Å². The largest absolute Gasteiger partial charge is 0.457 e. The number of rotatable bonds is 7. The monoisotopic (exact) mass is 465 g/mol. The molecule has 0 saturated carbocycles.